The number of para-hydroxylation sites is 1. The Bertz CT molecular complexity index is 1550. The molecule has 0 unspecified atom stereocenters. The van der Waals surface area contributed by atoms with Crippen LogP contribution in [-0.4, -0.2) is 19.5 Å². The van der Waals surface area contributed by atoms with E-state index in [4.69, 9.17) is 9.97 Å². The van der Waals surface area contributed by atoms with E-state index < -0.39 is 0 Å². The van der Waals surface area contributed by atoms with E-state index in [-0.39, 0.29) is 11.1 Å². The van der Waals surface area contributed by atoms with Crippen molar-refractivity contribution in [1.82, 2.24) is 19.5 Å². The Balaban J connectivity index is 1.32. The molecule has 2 aliphatic rings. The van der Waals surface area contributed by atoms with Crippen LogP contribution in [0.5, 0.6) is 0 Å². The molecule has 0 atom stereocenters. The second kappa shape index (κ2) is 9.15. The molecule has 174 valence electrons. The average Bonchev–Trinajstić information content (AvgIpc) is 3.44. The topological polar surface area (TPSA) is 80.6 Å². The third-order valence-corrected chi connectivity index (χ3v) is 9.00. The summed E-state index contributed by atoms with van der Waals surface area (Å²) in [5.74, 6) is 1.09. The lowest BCUT2D eigenvalue weighted by molar-refractivity contribution is 0.569. The van der Waals surface area contributed by atoms with Gasteiger partial charge in [-0.1, -0.05) is 35.5 Å². The molecule has 4 aromatic rings. The van der Waals surface area contributed by atoms with Crippen molar-refractivity contribution in [1.29, 1.82) is 0 Å². The number of rotatable bonds is 6. The minimum Gasteiger partial charge on any atom is -0.309 e. The molecule has 0 amide bonds. The molecule has 0 aliphatic heterocycles. The number of fused-ring (bicyclic) bond motifs is 4. The molecule has 0 bridgehead atoms. The van der Waals surface area contributed by atoms with Gasteiger partial charge in [-0.25, -0.2) is 9.97 Å². The summed E-state index contributed by atoms with van der Waals surface area (Å²) < 4.78 is 1.80. The summed E-state index contributed by atoms with van der Waals surface area (Å²) in [6.07, 6.45) is 11.1. The van der Waals surface area contributed by atoms with Crippen LogP contribution in [0.3, 0.4) is 0 Å². The molecule has 2 aliphatic carbocycles. The summed E-state index contributed by atoms with van der Waals surface area (Å²) in [5, 5.41) is 2.09. The predicted octanol–water partition coefficient (Wildman–Crippen LogP) is 5.37. The van der Waals surface area contributed by atoms with E-state index in [1.165, 1.54) is 40.6 Å². The lowest BCUT2D eigenvalue weighted by Crippen LogP contribution is -2.24. The van der Waals surface area contributed by atoms with Crippen molar-refractivity contribution in [2.24, 2.45) is 0 Å². The van der Waals surface area contributed by atoms with Crippen LogP contribution in [0.15, 0.2) is 50.7 Å². The molecule has 8 heteroatoms. The standard InChI is InChI=1S/C26H26N4O2S2/c31-23-22-18-10-6-12-20(18)34-24(22)29-21(28-23)15-33-26-27-19-11-5-4-9-17(19)25(32)30(26)14-13-16-7-2-1-3-8-16/h4-5,7,9,11H,1-3,6,8,10,12-15H2,(H,28,29,31). The largest absolute Gasteiger partial charge is 0.309 e. The Morgan fingerprint density at radius 2 is 1.97 bits per heavy atom. The highest BCUT2D eigenvalue weighted by atomic mass is 32.2. The number of nitrogens with one attached hydrogen (secondary N) is 1. The first kappa shape index (κ1) is 21.8. The summed E-state index contributed by atoms with van der Waals surface area (Å²) in [4.78, 5) is 40.9. The number of allylic oxidation sites excluding steroid dienone is 2. The Morgan fingerprint density at radius 1 is 1.06 bits per heavy atom. The lowest BCUT2D eigenvalue weighted by atomic mass is 9.97. The van der Waals surface area contributed by atoms with Crippen molar-refractivity contribution < 1.29 is 0 Å². The summed E-state index contributed by atoms with van der Waals surface area (Å²) in [5.41, 5.74) is 3.28. The van der Waals surface area contributed by atoms with Gasteiger partial charge < -0.3 is 4.98 Å². The molecule has 3 aromatic heterocycles. The van der Waals surface area contributed by atoms with Crippen LogP contribution in [0.25, 0.3) is 21.1 Å². The minimum absolute atomic E-state index is 0.00361. The van der Waals surface area contributed by atoms with E-state index >= 15 is 0 Å². The maximum Gasteiger partial charge on any atom is 0.262 e. The van der Waals surface area contributed by atoms with Gasteiger partial charge in [0.05, 0.1) is 22.0 Å². The van der Waals surface area contributed by atoms with E-state index in [0.717, 1.165) is 48.7 Å². The van der Waals surface area contributed by atoms with Crippen LogP contribution in [0, 0.1) is 0 Å². The molecule has 0 spiro atoms. The van der Waals surface area contributed by atoms with Gasteiger partial charge in [-0.2, -0.15) is 0 Å². The molecule has 3 heterocycles. The number of hydrogen-bond donors (Lipinski definition) is 1. The fraction of sp³-hybridized carbons (Fsp3) is 0.385. The zero-order chi connectivity index (χ0) is 23.1. The van der Waals surface area contributed by atoms with Crippen LogP contribution in [0.4, 0.5) is 0 Å². The molecule has 6 rings (SSSR count). The zero-order valence-electron chi connectivity index (χ0n) is 18.9. The van der Waals surface area contributed by atoms with Gasteiger partial charge in [0.15, 0.2) is 5.16 Å². The molecule has 0 fully saturated rings. The molecule has 0 radical (unpaired) electrons. The highest BCUT2D eigenvalue weighted by Crippen LogP contribution is 2.35. The second-order valence-electron chi connectivity index (χ2n) is 9.07. The van der Waals surface area contributed by atoms with Crippen molar-refractivity contribution in [3.05, 3.63) is 72.9 Å². The fourth-order valence-electron chi connectivity index (χ4n) is 5.09. The number of thioether (sulfide) groups is 1. The third kappa shape index (κ3) is 4.03. The van der Waals surface area contributed by atoms with Gasteiger partial charge in [0.25, 0.3) is 11.1 Å². The maximum atomic E-state index is 13.4. The van der Waals surface area contributed by atoms with Crippen molar-refractivity contribution in [2.45, 2.75) is 68.8 Å². The molecule has 1 aromatic carbocycles. The van der Waals surface area contributed by atoms with Gasteiger partial charge in [-0.3, -0.25) is 14.2 Å². The van der Waals surface area contributed by atoms with E-state index in [1.807, 2.05) is 24.3 Å². The number of hydrogen-bond acceptors (Lipinski definition) is 6. The third-order valence-electron chi connectivity index (χ3n) is 6.83. The lowest BCUT2D eigenvalue weighted by Gasteiger charge is -2.16. The summed E-state index contributed by atoms with van der Waals surface area (Å²) in [7, 11) is 0. The van der Waals surface area contributed by atoms with E-state index in [0.29, 0.717) is 34.2 Å². The van der Waals surface area contributed by atoms with Crippen molar-refractivity contribution in [2.75, 3.05) is 0 Å². The smallest absolute Gasteiger partial charge is 0.262 e. The number of nitrogens with zero attached hydrogens (tertiary/aromatic N) is 3. The first-order valence-corrected chi connectivity index (χ1v) is 13.8. The van der Waals surface area contributed by atoms with Crippen molar-refractivity contribution >= 4 is 44.2 Å². The first-order valence-electron chi connectivity index (χ1n) is 12.0. The van der Waals surface area contributed by atoms with Gasteiger partial charge in [-0.15, -0.1) is 11.3 Å². The van der Waals surface area contributed by atoms with E-state index in [1.54, 1.807) is 15.9 Å². The van der Waals surface area contributed by atoms with Gasteiger partial charge in [0.2, 0.25) is 0 Å². The average molecular weight is 491 g/mol. The quantitative estimate of drug-likeness (QED) is 0.223. The zero-order valence-corrected chi connectivity index (χ0v) is 20.6. The van der Waals surface area contributed by atoms with Gasteiger partial charge in [-0.05, 0) is 69.1 Å². The van der Waals surface area contributed by atoms with Gasteiger partial charge in [0.1, 0.15) is 10.7 Å². The first-order chi connectivity index (χ1) is 16.7. The van der Waals surface area contributed by atoms with Crippen LogP contribution >= 0.6 is 23.1 Å². The fourth-order valence-corrected chi connectivity index (χ4v) is 7.27. The van der Waals surface area contributed by atoms with Crippen LogP contribution in [0.1, 0.15) is 54.8 Å². The van der Waals surface area contributed by atoms with E-state index in [9.17, 15) is 9.59 Å². The van der Waals surface area contributed by atoms with E-state index in [2.05, 4.69) is 11.1 Å². The second-order valence-corrected chi connectivity index (χ2v) is 11.1. The number of aromatic nitrogens is 4. The monoisotopic (exact) mass is 490 g/mol. The van der Waals surface area contributed by atoms with Crippen LogP contribution in [0.2, 0.25) is 0 Å². The Kier molecular flexibility index (Phi) is 5.87. The SMILES string of the molecule is O=c1[nH]c(CSc2nc3ccccc3c(=O)n2CCC2=CCCCC2)nc2sc3c(c12)CCC3. The minimum atomic E-state index is -0.0481. The molecule has 0 saturated carbocycles. The number of benzene rings is 1. The van der Waals surface area contributed by atoms with Gasteiger partial charge >= 0.3 is 0 Å². The summed E-state index contributed by atoms with van der Waals surface area (Å²) >= 11 is 3.12. The summed E-state index contributed by atoms with van der Waals surface area (Å²) in [6, 6.07) is 7.52. The summed E-state index contributed by atoms with van der Waals surface area (Å²) in [6.45, 7) is 0.617. The molecule has 1 N–H and O–H groups in total. The Hall–Kier alpha value is -2.71. The Labute approximate surface area is 205 Å². The highest BCUT2D eigenvalue weighted by molar-refractivity contribution is 7.98. The highest BCUT2D eigenvalue weighted by Gasteiger charge is 2.21. The number of thiophene rings is 1. The Morgan fingerprint density at radius 3 is 2.85 bits per heavy atom. The van der Waals surface area contributed by atoms with Gasteiger partial charge in [0, 0.05) is 11.4 Å². The normalized spacial score (nSPS) is 15.7. The molecular weight excluding hydrogens is 464 g/mol. The molecule has 6 nitrogen and oxygen atoms in total. The van der Waals surface area contributed by atoms with Crippen molar-refractivity contribution in [3.63, 3.8) is 0 Å². The number of H-pyrrole nitrogens is 1. The maximum absolute atomic E-state index is 13.4. The molecule has 0 saturated heterocycles. The van der Waals surface area contributed by atoms with Crippen LogP contribution in [-0.2, 0) is 25.1 Å². The van der Waals surface area contributed by atoms with Crippen LogP contribution < -0.4 is 11.1 Å². The van der Waals surface area contributed by atoms with Crippen molar-refractivity contribution in [3.8, 4) is 0 Å². The number of aryl methyl sites for hydroxylation is 2. The molecule has 34 heavy (non-hydrogen) atoms. The predicted molar refractivity (Wildman–Crippen MR) is 139 cm³/mol. The number of aromatic amines is 1. The molecular formula is C26H26N4O2S2.